The Labute approximate surface area is 133 Å². The molecule has 2 rings (SSSR count). The molecular weight excluding hydrogens is 325 g/mol. The van der Waals surface area contributed by atoms with Gasteiger partial charge in [-0.15, -0.1) is 11.3 Å². The summed E-state index contributed by atoms with van der Waals surface area (Å²) in [5.74, 6) is -1.57. The Morgan fingerprint density at radius 2 is 2.05 bits per heavy atom. The van der Waals surface area contributed by atoms with Gasteiger partial charge in [-0.2, -0.15) is 0 Å². The van der Waals surface area contributed by atoms with Gasteiger partial charge in [0.25, 0.3) is 10.0 Å². The van der Waals surface area contributed by atoms with Crippen molar-refractivity contribution in [2.24, 2.45) is 5.92 Å². The third-order valence-electron chi connectivity index (χ3n) is 3.09. The van der Waals surface area contributed by atoms with Crippen LogP contribution in [0.1, 0.15) is 17.4 Å². The second-order valence-electron chi connectivity index (χ2n) is 5.07. The van der Waals surface area contributed by atoms with E-state index >= 15 is 0 Å². The third kappa shape index (κ3) is 4.14. The highest BCUT2D eigenvalue weighted by Gasteiger charge is 2.23. The van der Waals surface area contributed by atoms with Crippen LogP contribution in [0.5, 0.6) is 0 Å². The zero-order valence-electron chi connectivity index (χ0n) is 12.2. The summed E-state index contributed by atoms with van der Waals surface area (Å²) in [7, 11) is -3.84. The highest BCUT2D eigenvalue weighted by molar-refractivity contribution is 7.92. The van der Waals surface area contributed by atoms with Gasteiger partial charge in [0.1, 0.15) is 10.0 Å². The number of amides is 1. The quantitative estimate of drug-likeness (QED) is 0.909. The van der Waals surface area contributed by atoms with Gasteiger partial charge in [0.2, 0.25) is 5.91 Å². The van der Waals surface area contributed by atoms with E-state index < -0.39 is 21.8 Å². The van der Waals surface area contributed by atoms with E-state index in [9.17, 15) is 17.6 Å². The Balaban J connectivity index is 2.05. The molecule has 0 bridgehead atoms. The molecule has 118 valence electrons. The van der Waals surface area contributed by atoms with Gasteiger partial charge in [-0.25, -0.2) is 17.5 Å². The molecule has 0 radical (unpaired) electrons. The van der Waals surface area contributed by atoms with Gasteiger partial charge in [0, 0.05) is 10.8 Å². The lowest BCUT2D eigenvalue weighted by atomic mass is 10.0. The normalized spacial score (nSPS) is 12.9. The molecule has 1 N–H and O–H groups in total. The molecule has 22 heavy (non-hydrogen) atoms. The molecule has 7 heteroatoms. The number of benzene rings is 1. The molecular formula is C15H16FNO3S2. The van der Waals surface area contributed by atoms with Crippen LogP contribution in [0.2, 0.25) is 0 Å². The van der Waals surface area contributed by atoms with E-state index in [1.54, 1.807) is 32.0 Å². The van der Waals surface area contributed by atoms with Crippen LogP contribution < -0.4 is 4.72 Å². The van der Waals surface area contributed by atoms with Gasteiger partial charge in [-0.3, -0.25) is 4.79 Å². The lowest BCUT2D eigenvalue weighted by molar-refractivity contribution is -0.122. The monoisotopic (exact) mass is 341 g/mol. The van der Waals surface area contributed by atoms with Crippen molar-refractivity contribution in [3.05, 3.63) is 52.7 Å². The minimum Gasteiger partial charge on any atom is -0.274 e. The first-order chi connectivity index (χ1) is 10.3. The zero-order chi connectivity index (χ0) is 16.3. The largest absolute Gasteiger partial charge is 0.274 e. The third-order valence-corrected chi connectivity index (χ3v) is 5.93. The number of sulfonamides is 1. The predicted octanol–water partition coefficient (Wildman–Crippen LogP) is 2.88. The Hall–Kier alpha value is -1.73. The van der Waals surface area contributed by atoms with Crippen LogP contribution in [0, 0.1) is 18.7 Å². The van der Waals surface area contributed by atoms with Crippen molar-refractivity contribution < 1.29 is 17.6 Å². The molecule has 1 aromatic carbocycles. The van der Waals surface area contributed by atoms with Crippen LogP contribution >= 0.6 is 11.3 Å². The van der Waals surface area contributed by atoms with Crippen molar-refractivity contribution in [3.8, 4) is 0 Å². The molecule has 0 aliphatic carbocycles. The summed E-state index contributed by atoms with van der Waals surface area (Å²) in [6, 6.07) is 9.05. The molecule has 0 saturated heterocycles. The SMILES string of the molecule is Cc1ccc(S(=O)(=O)NC(=O)[C@H](C)Cc2cccc(F)c2)s1. The van der Waals surface area contributed by atoms with Crippen molar-refractivity contribution in [1.82, 2.24) is 4.72 Å². The Morgan fingerprint density at radius 1 is 1.32 bits per heavy atom. The van der Waals surface area contributed by atoms with E-state index in [4.69, 9.17) is 0 Å². The maximum absolute atomic E-state index is 13.1. The van der Waals surface area contributed by atoms with Crippen LogP contribution in [0.4, 0.5) is 4.39 Å². The number of carbonyl (C=O) groups excluding carboxylic acids is 1. The molecule has 0 aliphatic heterocycles. The van der Waals surface area contributed by atoms with E-state index in [0.717, 1.165) is 16.2 Å². The lowest BCUT2D eigenvalue weighted by Crippen LogP contribution is -2.35. The van der Waals surface area contributed by atoms with Crippen molar-refractivity contribution in [1.29, 1.82) is 0 Å². The van der Waals surface area contributed by atoms with Crippen LogP contribution in [0.15, 0.2) is 40.6 Å². The minimum atomic E-state index is -3.84. The zero-order valence-corrected chi connectivity index (χ0v) is 13.8. The molecule has 0 fully saturated rings. The number of thiophene rings is 1. The number of hydrogen-bond donors (Lipinski definition) is 1. The van der Waals surface area contributed by atoms with Gasteiger partial charge in [-0.1, -0.05) is 19.1 Å². The molecule has 1 heterocycles. The van der Waals surface area contributed by atoms with Crippen molar-refractivity contribution in [2.45, 2.75) is 24.5 Å². The lowest BCUT2D eigenvalue weighted by Gasteiger charge is -2.12. The number of nitrogens with one attached hydrogen (secondary N) is 1. The maximum atomic E-state index is 13.1. The smallest absolute Gasteiger partial charge is 0.273 e. The van der Waals surface area contributed by atoms with Crippen molar-refractivity contribution in [2.75, 3.05) is 0 Å². The van der Waals surface area contributed by atoms with E-state index in [-0.39, 0.29) is 16.4 Å². The number of aryl methyl sites for hydroxylation is 1. The fourth-order valence-corrected chi connectivity index (χ4v) is 4.31. The number of halogens is 1. The summed E-state index contributed by atoms with van der Waals surface area (Å²) in [5.41, 5.74) is 0.645. The summed E-state index contributed by atoms with van der Waals surface area (Å²) >= 11 is 1.10. The van der Waals surface area contributed by atoms with Gasteiger partial charge < -0.3 is 0 Å². The first-order valence-corrected chi connectivity index (χ1v) is 8.95. The average molecular weight is 341 g/mol. The van der Waals surface area contributed by atoms with Gasteiger partial charge >= 0.3 is 0 Å². The first kappa shape index (κ1) is 16.6. The molecule has 0 saturated carbocycles. The molecule has 1 aromatic heterocycles. The topological polar surface area (TPSA) is 63.2 Å². The summed E-state index contributed by atoms with van der Waals surface area (Å²) in [5, 5.41) is 0. The van der Waals surface area contributed by atoms with Gasteiger partial charge in [-0.05, 0) is 43.2 Å². The minimum absolute atomic E-state index is 0.108. The molecule has 4 nitrogen and oxygen atoms in total. The second-order valence-corrected chi connectivity index (χ2v) is 8.27. The number of rotatable bonds is 5. The van der Waals surface area contributed by atoms with E-state index in [2.05, 4.69) is 4.72 Å². The van der Waals surface area contributed by atoms with Gasteiger partial charge in [0.05, 0.1) is 0 Å². The van der Waals surface area contributed by atoms with Crippen LogP contribution in [-0.2, 0) is 21.2 Å². The Kier molecular flexibility index (Phi) is 4.97. The van der Waals surface area contributed by atoms with Gasteiger partial charge in [0.15, 0.2) is 0 Å². The summed E-state index contributed by atoms with van der Waals surface area (Å²) in [6.45, 7) is 3.40. The standard InChI is InChI=1S/C15H16FNO3S2/c1-10(8-12-4-3-5-13(16)9-12)15(18)17-22(19,20)14-7-6-11(2)21-14/h3-7,9-10H,8H2,1-2H3,(H,17,18)/t10-/m1/s1. The number of carbonyl (C=O) groups is 1. The first-order valence-electron chi connectivity index (χ1n) is 6.65. The summed E-state index contributed by atoms with van der Waals surface area (Å²) < 4.78 is 39.5. The highest BCUT2D eigenvalue weighted by Crippen LogP contribution is 2.21. The van der Waals surface area contributed by atoms with E-state index in [1.807, 2.05) is 0 Å². The fourth-order valence-electron chi connectivity index (χ4n) is 1.95. The van der Waals surface area contributed by atoms with E-state index in [0.29, 0.717) is 5.56 Å². The molecule has 2 aromatic rings. The number of hydrogen-bond acceptors (Lipinski definition) is 4. The fraction of sp³-hybridized carbons (Fsp3) is 0.267. The van der Waals surface area contributed by atoms with Crippen LogP contribution in [0.3, 0.4) is 0 Å². The highest BCUT2D eigenvalue weighted by atomic mass is 32.2. The molecule has 0 spiro atoms. The van der Waals surface area contributed by atoms with Crippen molar-refractivity contribution in [3.63, 3.8) is 0 Å². The average Bonchev–Trinajstić information content (AvgIpc) is 2.86. The van der Waals surface area contributed by atoms with Crippen molar-refractivity contribution >= 4 is 27.3 Å². The van der Waals surface area contributed by atoms with E-state index in [1.165, 1.54) is 18.2 Å². The summed E-state index contributed by atoms with van der Waals surface area (Å²) in [4.78, 5) is 12.9. The summed E-state index contributed by atoms with van der Waals surface area (Å²) in [6.07, 6.45) is 0.266. The maximum Gasteiger partial charge on any atom is 0.273 e. The Bertz CT molecular complexity index is 784. The molecule has 0 unspecified atom stereocenters. The predicted molar refractivity (Wildman–Crippen MR) is 83.7 cm³/mol. The Morgan fingerprint density at radius 3 is 2.64 bits per heavy atom. The molecule has 0 aliphatic rings. The molecule has 1 amide bonds. The molecule has 1 atom stereocenters. The second kappa shape index (κ2) is 6.58. The van der Waals surface area contributed by atoms with Crippen LogP contribution in [-0.4, -0.2) is 14.3 Å². The van der Waals surface area contributed by atoms with Crippen LogP contribution in [0.25, 0.3) is 0 Å².